The Kier molecular flexibility index (Phi) is 1.90. The monoisotopic (exact) mass is 170 g/mol. The van der Waals surface area contributed by atoms with Crippen molar-refractivity contribution in [1.82, 2.24) is 10.6 Å². The third-order valence-electron chi connectivity index (χ3n) is 2.74. The highest BCUT2D eigenvalue weighted by atomic mass is 16.5. The summed E-state index contributed by atoms with van der Waals surface area (Å²) in [4.78, 5) is 0. The molecule has 3 nitrogen and oxygen atoms in total. The number of hydrogen-bond acceptors (Lipinski definition) is 3. The van der Waals surface area contributed by atoms with E-state index in [4.69, 9.17) is 4.74 Å². The van der Waals surface area contributed by atoms with Gasteiger partial charge < -0.3 is 15.4 Å². The summed E-state index contributed by atoms with van der Waals surface area (Å²) in [6.45, 7) is 8.35. The van der Waals surface area contributed by atoms with Crippen molar-refractivity contribution in [2.75, 3.05) is 26.3 Å². The minimum absolute atomic E-state index is 0.214. The number of rotatable bonds is 0. The van der Waals surface area contributed by atoms with Crippen LogP contribution in [0.3, 0.4) is 0 Å². The van der Waals surface area contributed by atoms with Crippen molar-refractivity contribution in [3.8, 4) is 0 Å². The molecule has 0 aromatic carbocycles. The second-order valence-electron chi connectivity index (χ2n) is 4.70. The van der Waals surface area contributed by atoms with Crippen LogP contribution in [0.5, 0.6) is 0 Å². The highest BCUT2D eigenvalue weighted by molar-refractivity contribution is 5.03. The fourth-order valence-corrected chi connectivity index (χ4v) is 2.27. The Balaban J connectivity index is 2.07. The van der Waals surface area contributed by atoms with Gasteiger partial charge in [-0.3, -0.25) is 0 Å². The molecule has 1 unspecified atom stereocenters. The minimum Gasteiger partial charge on any atom is -0.379 e. The first-order chi connectivity index (χ1) is 5.62. The number of hydrogen-bond donors (Lipinski definition) is 2. The van der Waals surface area contributed by atoms with Crippen molar-refractivity contribution in [2.24, 2.45) is 0 Å². The molecular weight excluding hydrogens is 152 g/mol. The fourth-order valence-electron chi connectivity index (χ4n) is 2.27. The van der Waals surface area contributed by atoms with E-state index in [0.29, 0.717) is 0 Å². The molecule has 0 bridgehead atoms. The zero-order valence-corrected chi connectivity index (χ0v) is 7.94. The molecule has 1 spiro atoms. The molecule has 0 aliphatic carbocycles. The molecule has 0 aromatic heterocycles. The summed E-state index contributed by atoms with van der Waals surface area (Å²) in [5, 5.41) is 7.15. The van der Waals surface area contributed by atoms with Gasteiger partial charge in [-0.1, -0.05) is 0 Å². The van der Waals surface area contributed by atoms with Gasteiger partial charge in [0.05, 0.1) is 12.1 Å². The highest BCUT2D eigenvalue weighted by Gasteiger charge is 2.41. The summed E-state index contributed by atoms with van der Waals surface area (Å²) in [5.41, 5.74) is 0.438. The van der Waals surface area contributed by atoms with Crippen LogP contribution in [0.15, 0.2) is 0 Å². The van der Waals surface area contributed by atoms with Crippen molar-refractivity contribution in [3.63, 3.8) is 0 Å². The first-order valence-corrected chi connectivity index (χ1v) is 4.70. The summed E-state index contributed by atoms with van der Waals surface area (Å²) in [5.74, 6) is 0. The molecule has 0 radical (unpaired) electrons. The van der Waals surface area contributed by atoms with E-state index < -0.39 is 0 Å². The van der Waals surface area contributed by atoms with Gasteiger partial charge in [0.25, 0.3) is 0 Å². The molecule has 12 heavy (non-hydrogen) atoms. The minimum atomic E-state index is 0.214. The molecule has 1 atom stereocenters. The zero-order chi connectivity index (χ0) is 8.66. The predicted molar refractivity (Wildman–Crippen MR) is 48.3 cm³/mol. The lowest BCUT2D eigenvalue weighted by Gasteiger charge is -2.44. The molecule has 2 heterocycles. The maximum Gasteiger partial charge on any atom is 0.0661 e. The molecule has 2 aliphatic heterocycles. The second kappa shape index (κ2) is 2.69. The SMILES string of the molecule is CC1(C)CNCC2(CCOC2)N1. The fraction of sp³-hybridized carbons (Fsp3) is 1.00. The van der Waals surface area contributed by atoms with E-state index in [9.17, 15) is 0 Å². The zero-order valence-electron chi connectivity index (χ0n) is 7.94. The van der Waals surface area contributed by atoms with Crippen LogP contribution >= 0.6 is 0 Å². The van der Waals surface area contributed by atoms with Gasteiger partial charge in [-0.25, -0.2) is 0 Å². The average molecular weight is 170 g/mol. The topological polar surface area (TPSA) is 33.3 Å². The lowest BCUT2D eigenvalue weighted by molar-refractivity contribution is 0.126. The molecule has 2 N–H and O–H groups in total. The Bertz CT molecular complexity index is 173. The molecule has 3 heteroatoms. The average Bonchev–Trinajstić information content (AvgIpc) is 2.34. The second-order valence-corrected chi connectivity index (χ2v) is 4.70. The van der Waals surface area contributed by atoms with Gasteiger partial charge in [0, 0.05) is 25.2 Å². The molecular formula is C9H18N2O. The Morgan fingerprint density at radius 2 is 2.08 bits per heavy atom. The van der Waals surface area contributed by atoms with Crippen LogP contribution in [0.4, 0.5) is 0 Å². The smallest absolute Gasteiger partial charge is 0.0661 e. The van der Waals surface area contributed by atoms with Crippen molar-refractivity contribution < 1.29 is 4.74 Å². The normalized spacial score (nSPS) is 40.5. The highest BCUT2D eigenvalue weighted by Crippen LogP contribution is 2.23. The van der Waals surface area contributed by atoms with E-state index in [2.05, 4.69) is 24.5 Å². The van der Waals surface area contributed by atoms with E-state index >= 15 is 0 Å². The van der Waals surface area contributed by atoms with Crippen LogP contribution in [0.25, 0.3) is 0 Å². The summed E-state index contributed by atoms with van der Waals surface area (Å²) in [7, 11) is 0. The standard InChI is InChI=1S/C9H18N2O/c1-8(2)5-10-6-9(11-8)3-4-12-7-9/h10-11H,3-7H2,1-2H3. The quantitative estimate of drug-likeness (QED) is 0.541. The lowest BCUT2D eigenvalue weighted by Crippen LogP contribution is -2.68. The number of piperazine rings is 1. The van der Waals surface area contributed by atoms with Crippen LogP contribution in [0.1, 0.15) is 20.3 Å². The Morgan fingerprint density at radius 1 is 1.25 bits per heavy atom. The molecule has 2 aliphatic rings. The van der Waals surface area contributed by atoms with Crippen LogP contribution in [0, 0.1) is 0 Å². The molecule has 0 amide bonds. The lowest BCUT2D eigenvalue weighted by atomic mass is 9.89. The largest absolute Gasteiger partial charge is 0.379 e. The first-order valence-electron chi connectivity index (χ1n) is 4.70. The van der Waals surface area contributed by atoms with Gasteiger partial charge in [-0.15, -0.1) is 0 Å². The summed E-state index contributed by atoms with van der Waals surface area (Å²) in [6.07, 6.45) is 1.14. The van der Waals surface area contributed by atoms with Crippen molar-refractivity contribution >= 4 is 0 Å². The van der Waals surface area contributed by atoms with Crippen LogP contribution < -0.4 is 10.6 Å². The summed E-state index contributed by atoms with van der Waals surface area (Å²) < 4.78 is 5.43. The van der Waals surface area contributed by atoms with Gasteiger partial charge >= 0.3 is 0 Å². The molecule has 2 fully saturated rings. The Hall–Kier alpha value is -0.120. The van der Waals surface area contributed by atoms with Crippen LogP contribution in [-0.2, 0) is 4.74 Å². The van der Waals surface area contributed by atoms with E-state index in [1.165, 1.54) is 0 Å². The van der Waals surface area contributed by atoms with E-state index in [0.717, 1.165) is 32.7 Å². The van der Waals surface area contributed by atoms with Gasteiger partial charge in [-0.05, 0) is 20.3 Å². The van der Waals surface area contributed by atoms with Crippen LogP contribution in [-0.4, -0.2) is 37.4 Å². The summed E-state index contributed by atoms with van der Waals surface area (Å²) in [6, 6.07) is 0. The van der Waals surface area contributed by atoms with Crippen molar-refractivity contribution in [1.29, 1.82) is 0 Å². The van der Waals surface area contributed by atoms with E-state index in [-0.39, 0.29) is 11.1 Å². The number of nitrogens with one attached hydrogen (secondary N) is 2. The number of ether oxygens (including phenoxy) is 1. The Labute approximate surface area is 73.9 Å². The molecule has 0 saturated carbocycles. The van der Waals surface area contributed by atoms with Gasteiger partial charge in [0.15, 0.2) is 0 Å². The molecule has 2 rings (SSSR count). The molecule has 70 valence electrons. The van der Waals surface area contributed by atoms with Crippen molar-refractivity contribution in [2.45, 2.75) is 31.3 Å². The first kappa shape index (κ1) is 8.48. The third-order valence-corrected chi connectivity index (χ3v) is 2.74. The van der Waals surface area contributed by atoms with Gasteiger partial charge in [0.1, 0.15) is 0 Å². The Morgan fingerprint density at radius 3 is 2.67 bits per heavy atom. The molecule has 0 aromatic rings. The van der Waals surface area contributed by atoms with E-state index in [1.54, 1.807) is 0 Å². The van der Waals surface area contributed by atoms with E-state index in [1.807, 2.05) is 0 Å². The van der Waals surface area contributed by atoms with Gasteiger partial charge in [0.2, 0.25) is 0 Å². The third kappa shape index (κ3) is 1.49. The summed E-state index contributed by atoms with van der Waals surface area (Å²) >= 11 is 0. The van der Waals surface area contributed by atoms with Gasteiger partial charge in [-0.2, -0.15) is 0 Å². The molecule has 2 saturated heterocycles. The van der Waals surface area contributed by atoms with Crippen molar-refractivity contribution in [3.05, 3.63) is 0 Å². The predicted octanol–water partition coefficient (Wildman–Crippen LogP) is 0.117. The maximum absolute atomic E-state index is 5.43. The maximum atomic E-state index is 5.43. The van der Waals surface area contributed by atoms with Crippen LogP contribution in [0.2, 0.25) is 0 Å².